The normalized spacial score (nSPS) is 15.7. The highest BCUT2D eigenvalue weighted by Gasteiger charge is 2.29. The van der Waals surface area contributed by atoms with Gasteiger partial charge in [0.25, 0.3) is 0 Å². The fourth-order valence-corrected chi connectivity index (χ4v) is 3.43. The quantitative estimate of drug-likeness (QED) is 0.504. The zero-order valence-corrected chi connectivity index (χ0v) is 18.6. The second kappa shape index (κ2) is 11.2. The first-order valence-electron chi connectivity index (χ1n) is 10.9. The van der Waals surface area contributed by atoms with Gasteiger partial charge < -0.3 is 20.4 Å². The number of nitrogens with zero attached hydrogens (tertiary/aromatic N) is 4. The van der Waals surface area contributed by atoms with Crippen LogP contribution in [0.1, 0.15) is 23.6 Å². The molecule has 2 heterocycles. The monoisotopic (exact) mass is 448 g/mol. The highest BCUT2D eigenvalue weighted by atomic mass is 19.4. The van der Waals surface area contributed by atoms with Gasteiger partial charge in [0, 0.05) is 45.5 Å². The van der Waals surface area contributed by atoms with E-state index in [1.807, 2.05) is 19.2 Å². The van der Waals surface area contributed by atoms with Gasteiger partial charge in [-0.2, -0.15) is 13.2 Å². The van der Waals surface area contributed by atoms with Crippen LogP contribution in [-0.4, -0.2) is 62.2 Å². The first kappa shape index (κ1) is 23.8. The van der Waals surface area contributed by atoms with E-state index in [2.05, 4.69) is 43.5 Å². The van der Waals surface area contributed by atoms with Crippen LogP contribution in [0.25, 0.3) is 0 Å². The number of benzene rings is 1. The van der Waals surface area contributed by atoms with E-state index in [1.54, 1.807) is 0 Å². The van der Waals surface area contributed by atoms with E-state index >= 15 is 0 Å². The molecule has 0 unspecified atom stereocenters. The summed E-state index contributed by atoms with van der Waals surface area (Å²) >= 11 is 0. The summed E-state index contributed by atoms with van der Waals surface area (Å²) in [5.74, 6) is 1.66. The van der Waals surface area contributed by atoms with Crippen molar-refractivity contribution in [1.82, 2.24) is 20.5 Å². The number of rotatable bonds is 7. The second-order valence-electron chi connectivity index (χ2n) is 7.88. The molecule has 1 aromatic heterocycles. The molecule has 0 saturated carbocycles. The van der Waals surface area contributed by atoms with Crippen LogP contribution in [0.5, 0.6) is 0 Å². The number of alkyl halides is 3. The van der Waals surface area contributed by atoms with Crippen molar-refractivity contribution in [3.63, 3.8) is 0 Å². The maximum atomic E-state index is 12.7. The van der Waals surface area contributed by atoms with Crippen LogP contribution in [0.2, 0.25) is 0 Å². The number of hydrogen-bond donors (Lipinski definition) is 2. The van der Waals surface area contributed by atoms with Gasteiger partial charge in [-0.15, -0.1) is 0 Å². The molecule has 1 aliphatic heterocycles. The second-order valence-corrected chi connectivity index (χ2v) is 7.88. The number of hydrogen-bond acceptors (Lipinski definition) is 4. The molecule has 2 N–H and O–H groups in total. The molecule has 0 amide bonds. The summed E-state index contributed by atoms with van der Waals surface area (Å²) in [7, 11) is 2.13. The van der Waals surface area contributed by atoms with Gasteiger partial charge in [-0.25, -0.2) is 9.98 Å². The topological polar surface area (TPSA) is 55.8 Å². The molecular weight excluding hydrogens is 417 g/mol. The highest BCUT2D eigenvalue weighted by Crippen LogP contribution is 2.29. The van der Waals surface area contributed by atoms with Crippen molar-refractivity contribution in [1.29, 1.82) is 0 Å². The molecule has 174 valence electrons. The van der Waals surface area contributed by atoms with Crippen molar-refractivity contribution >= 4 is 11.8 Å². The van der Waals surface area contributed by atoms with E-state index in [1.165, 1.54) is 12.1 Å². The van der Waals surface area contributed by atoms with E-state index in [4.69, 9.17) is 0 Å². The standard InChI is InChI=1S/C23H31F3N6/c1-3-27-22(28-11-10-18-4-7-20(8-5-18)23(24,25)26)30-17-19-6-9-21(29-16-19)32-14-12-31(2)13-15-32/h4-9,16H,3,10-15,17H2,1-2H3,(H2,27,28,30). The van der Waals surface area contributed by atoms with E-state index in [-0.39, 0.29) is 0 Å². The molecule has 0 spiro atoms. The van der Waals surface area contributed by atoms with Crippen LogP contribution in [0, 0.1) is 0 Å². The molecule has 0 bridgehead atoms. The Morgan fingerprint density at radius 3 is 2.28 bits per heavy atom. The Labute approximate surface area is 187 Å². The number of halogens is 3. The SMILES string of the molecule is CCNC(=NCc1ccc(N2CCN(C)CC2)nc1)NCCc1ccc(C(F)(F)F)cc1. The summed E-state index contributed by atoms with van der Waals surface area (Å²) in [6.07, 6.45) is -1.84. The van der Waals surface area contributed by atoms with Gasteiger partial charge in [0.05, 0.1) is 12.1 Å². The molecule has 9 heteroatoms. The minimum Gasteiger partial charge on any atom is -0.357 e. The molecule has 2 aromatic rings. The fourth-order valence-electron chi connectivity index (χ4n) is 3.43. The van der Waals surface area contributed by atoms with Crippen LogP contribution >= 0.6 is 0 Å². The summed E-state index contributed by atoms with van der Waals surface area (Å²) in [6.45, 7) is 7.80. The number of anilines is 1. The molecule has 1 aliphatic rings. The summed E-state index contributed by atoms with van der Waals surface area (Å²) in [4.78, 5) is 13.8. The van der Waals surface area contributed by atoms with Crippen LogP contribution in [0.4, 0.5) is 19.0 Å². The minimum absolute atomic E-state index is 0.492. The maximum absolute atomic E-state index is 12.7. The number of pyridine rings is 1. The molecule has 6 nitrogen and oxygen atoms in total. The zero-order valence-electron chi connectivity index (χ0n) is 18.6. The molecule has 1 saturated heterocycles. The van der Waals surface area contributed by atoms with Gasteiger partial charge in [-0.3, -0.25) is 0 Å². The van der Waals surface area contributed by atoms with Gasteiger partial charge in [0.15, 0.2) is 5.96 Å². The Morgan fingerprint density at radius 2 is 1.69 bits per heavy atom. The van der Waals surface area contributed by atoms with Gasteiger partial charge in [-0.1, -0.05) is 18.2 Å². The van der Waals surface area contributed by atoms with Crippen molar-refractivity contribution < 1.29 is 13.2 Å². The van der Waals surface area contributed by atoms with Crippen molar-refractivity contribution in [2.75, 3.05) is 51.2 Å². The first-order chi connectivity index (χ1) is 15.3. The van der Waals surface area contributed by atoms with Crippen LogP contribution in [0.15, 0.2) is 47.6 Å². The van der Waals surface area contributed by atoms with E-state index in [0.29, 0.717) is 32.0 Å². The third-order valence-electron chi connectivity index (χ3n) is 5.39. The van der Waals surface area contributed by atoms with Crippen molar-refractivity contribution in [2.24, 2.45) is 4.99 Å². The Bertz CT molecular complexity index is 857. The number of aliphatic imine (C=N–C) groups is 1. The third-order valence-corrected chi connectivity index (χ3v) is 5.39. The average Bonchev–Trinajstić information content (AvgIpc) is 2.78. The highest BCUT2D eigenvalue weighted by molar-refractivity contribution is 5.79. The van der Waals surface area contributed by atoms with Gasteiger partial charge >= 0.3 is 6.18 Å². The van der Waals surface area contributed by atoms with Crippen LogP contribution < -0.4 is 15.5 Å². The summed E-state index contributed by atoms with van der Waals surface area (Å²) < 4.78 is 38.0. The lowest BCUT2D eigenvalue weighted by molar-refractivity contribution is -0.137. The maximum Gasteiger partial charge on any atom is 0.416 e. The molecule has 32 heavy (non-hydrogen) atoms. The number of nitrogens with one attached hydrogen (secondary N) is 2. The van der Waals surface area contributed by atoms with Crippen LogP contribution in [-0.2, 0) is 19.1 Å². The van der Waals surface area contributed by atoms with E-state index in [0.717, 1.165) is 55.3 Å². The number of aromatic nitrogens is 1. The Hall–Kier alpha value is -2.81. The lowest BCUT2D eigenvalue weighted by Crippen LogP contribution is -2.44. The average molecular weight is 449 g/mol. The predicted molar refractivity (Wildman–Crippen MR) is 122 cm³/mol. The molecule has 0 aliphatic carbocycles. The van der Waals surface area contributed by atoms with Crippen molar-refractivity contribution in [3.8, 4) is 0 Å². The third kappa shape index (κ3) is 7.12. The molecule has 0 atom stereocenters. The predicted octanol–water partition coefficient (Wildman–Crippen LogP) is 3.15. The van der Waals surface area contributed by atoms with Crippen molar-refractivity contribution in [3.05, 3.63) is 59.3 Å². The first-order valence-corrected chi connectivity index (χ1v) is 10.9. The van der Waals surface area contributed by atoms with Gasteiger partial charge in [0.1, 0.15) is 5.82 Å². The Morgan fingerprint density at radius 1 is 1.00 bits per heavy atom. The van der Waals surface area contributed by atoms with Crippen LogP contribution in [0.3, 0.4) is 0 Å². The largest absolute Gasteiger partial charge is 0.416 e. The summed E-state index contributed by atoms with van der Waals surface area (Å²) in [5.41, 5.74) is 1.23. The van der Waals surface area contributed by atoms with Gasteiger partial charge in [0.2, 0.25) is 0 Å². The number of piperazine rings is 1. The van der Waals surface area contributed by atoms with Crippen molar-refractivity contribution in [2.45, 2.75) is 26.1 Å². The Kier molecular flexibility index (Phi) is 8.33. The molecule has 1 fully saturated rings. The zero-order chi connectivity index (χ0) is 23.0. The Balaban J connectivity index is 1.50. The van der Waals surface area contributed by atoms with E-state index in [9.17, 15) is 13.2 Å². The lowest BCUT2D eigenvalue weighted by Gasteiger charge is -2.33. The smallest absolute Gasteiger partial charge is 0.357 e. The molecule has 1 aromatic carbocycles. The summed E-state index contributed by atoms with van der Waals surface area (Å²) in [6, 6.07) is 9.36. The molecule has 3 rings (SSSR count). The fraction of sp³-hybridized carbons (Fsp3) is 0.478. The number of guanidine groups is 1. The minimum atomic E-state index is -4.31. The number of likely N-dealkylation sites (N-methyl/N-ethyl adjacent to an activating group) is 1. The van der Waals surface area contributed by atoms with Gasteiger partial charge in [-0.05, 0) is 49.7 Å². The van der Waals surface area contributed by atoms with E-state index < -0.39 is 11.7 Å². The lowest BCUT2D eigenvalue weighted by atomic mass is 10.1. The molecular formula is C23H31F3N6. The molecule has 0 radical (unpaired) electrons. The summed E-state index contributed by atoms with van der Waals surface area (Å²) in [5, 5.41) is 6.43.